The maximum absolute atomic E-state index is 13.9. The third-order valence-corrected chi connectivity index (χ3v) is 3.02. The van der Waals surface area contributed by atoms with E-state index in [2.05, 4.69) is 20.5 Å². The quantitative estimate of drug-likeness (QED) is 0.762. The molecule has 0 radical (unpaired) electrons. The molecule has 0 aliphatic heterocycles. The highest BCUT2D eigenvalue weighted by atomic mass is 19.1. The molecule has 0 fully saturated rings. The Bertz CT molecular complexity index is 722. The number of aryl methyl sites for hydroxylation is 1. The SMILES string of the molecule is Cc1ccc(Nc2cnccc2-c2cn[nH]c2)c(F)c1. The van der Waals surface area contributed by atoms with Gasteiger partial charge in [-0.3, -0.25) is 10.1 Å². The number of pyridine rings is 1. The van der Waals surface area contributed by atoms with Crippen molar-refractivity contribution in [1.29, 1.82) is 0 Å². The average molecular weight is 268 g/mol. The molecular formula is C15H13FN4. The number of anilines is 2. The lowest BCUT2D eigenvalue weighted by Gasteiger charge is -2.11. The van der Waals surface area contributed by atoms with E-state index in [0.29, 0.717) is 5.69 Å². The Morgan fingerprint density at radius 2 is 2.05 bits per heavy atom. The van der Waals surface area contributed by atoms with Crippen LogP contribution in [0, 0.1) is 12.7 Å². The number of H-pyrrole nitrogens is 1. The second kappa shape index (κ2) is 5.13. The number of rotatable bonds is 3. The van der Waals surface area contributed by atoms with Crippen LogP contribution in [-0.2, 0) is 0 Å². The molecule has 20 heavy (non-hydrogen) atoms. The fourth-order valence-corrected chi connectivity index (χ4v) is 2.01. The molecule has 2 aromatic heterocycles. The molecule has 0 saturated heterocycles. The summed E-state index contributed by atoms with van der Waals surface area (Å²) in [4.78, 5) is 4.08. The fraction of sp³-hybridized carbons (Fsp3) is 0.0667. The first-order valence-corrected chi connectivity index (χ1v) is 6.20. The Labute approximate surface area is 115 Å². The zero-order valence-corrected chi connectivity index (χ0v) is 10.9. The van der Waals surface area contributed by atoms with Crippen molar-refractivity contribution in [2.24, 2.45) is 0 Å². The Balaban J connectivity index is 1.99. The Morgan fingerprint density at radius 1 is 1.15 bits per heavy atom. The predicted molar refractivity (Wildman–Crippen MR) is 76.2 cm³/mol. The van der Waals surface area contributed by atoms with Crippen molar-refractivity contribution in [3.63, 3.8) is 0 Å². The summed E-state index contributed by atoms with van der Waals surface area (Å²) in [6, 6.07) is 6.94. The van der Waals surface area contributed by atoms with Crippen LogP contribution < -0.4 is 5.32 Å². The molecule has 3 rings (SSSR count). The topological polar surface area (TPSA) is 53.6 Å². The number of hydrogen-bond donors (Lipinski definition) is 2. The first-order valence-electron chi connectivity index (χ1n) is 6.20. The van der Waals surface area contributed by atoms with Gasteiger partial charge in [-0.1, -0.05) is 6.07 Å². The molecule has 4 nitrogen and oxygen atoms in total. The average Bonchev–Trinajstić information content (AvgIpc) is 2.96. The van der Waals surface area contributed by atoms with Crippen molar-refractivity contribution in [1.82, 2.24) is 15.2 Å². The van der Waals surface area contributed by atoms with Gasteiger partial charge in [-0.25, -0.2) is 4.39 Å². The van der Waals surface area contributed by atoms with E-state index >= 15 is 0 Å². The van der Waals surface area contributed by atoms with Gasteiger partial charge in [-0.05, 0) is 30.7 Å². The van der Waals surface area contributed by atoms with E-state index in [1.54, 1.807) is 30.9 Å². The summed E-state index contributed by atoms with van der Waals surface area (Å²) in [6.07, 6.45) is 6.86. The van der Waals surface area contributed by atoms with Gasteiger partial charge in [0, 0.05) is 23.5 Å². The molecule has 0 aliphatic carbocycles. The van der Waals surface area contributed by atoms with E-state index in [4.69, 9.17) is 0 Å². The Kier molecular flexibility index (Phi) is 3.16. The summed E-state index contributed by atoms with van der Waals surface area (Å²) in [5, 5.41) is 9.77. The van der Waals surface area contributed by atoms with E-state index in [1.165, 1.54) is 6.07 Å². The summed E-state index contributed by atoms with van der Waals surface area (Å²) in [7, 11) is 0. The third-order valence-electron chi connectivity index (χ3n) is 3.02. The lowest BCUT2D eigenvalue weighted by molar-refractivity contribution is 0.631. The van der Waals surface area contributed by atoms with Crippen LogP contribution in [0.25, 0.3) is 11.1 Å². The van der Waals surface area contributed by atoms with Crippen molar-refractivity contribution in [3.8, 4) is 11.1 Å². The molecular weight excluding hydrogens is 255 g/mol. The Morgan fingerprint density at radius 3 is 2.80 bits per heavy atom. The molecule has 0 amide bonds. The largest absolute Gasteiger partial charge is 0.351 e. The minimum absolute atomic E-state index is 0.285. The van der Waals surface area contributed by atoms with Crippen LogP contribution in [0.15, 0.2) is 49.1 Å². The van der Waals surface area contributed by atoms with E-state index < -0.39 is 0 Å². The van der Waals surface area contributed by atoms with Gasteiger partial charge < -0.3 is 5.32 Å². The van der Waals surface area contributed by atoms with Gasteiger partial charge in [-0.2, -0.15) is 5.10 Å². The van der Waals surface area contributed by atoms with Gasteiger partial charge in [0.15, 0.2) is 0 Å². The number of benzene rings is 1. The molecule has 0 spiro atoms. The zero-order valence-electron chi connectivity index (χ0n) is 10.9. The van der Waals surface area contributed by atoms with E-state index in [0.717, 1.165) is 22.4 Å². The van der Waals surface area contributed by atoms with E-state index in [-0.39, 0.29) is 5.82 Å². The molecule has 100 valence electrons. The molecule has 0 aliphatic rings. The lowest BCUT2D eigenvalue weighted by atomic mass is 10.1. The van der Waals surface area contributed by atoms with Crippen LogP contribution in [0.1, 0.15) is 5.56 Å². The van der Waals surface area contributed by atoms with Crippen LogP contribution in [0.2, 0.25) is 0 Å². The highest BCUT2D eigenvalue weighted by Gasteiger charge is 2.08. The van der Waals surface area contributed by atoms with Gasteiger partial charge in [0.1, 0.15) is 5.82 Å². The number of hydrogen-bond acceptors (Lipinski definition) is 3. The fourth-order valence-electron chi connectivity index (χ4n) is 2.01. The molecule has 2 N–H and O–H groups in total. The summed E-state index contributed by atoms with van der Waals surface area (Å²) >= 11 is 0. The summed E-state index contributed by atoms with van der Waals surface area (Å²) in [6.45, 7) is 1.85. The maximum atomic E-state index is 13.9. The smallest absolute Gasteiger partial charge is 0.146 e. The second-order valence-corrected chi connectivity index (χ2v) is 4.52. The summed E-state index contributed by atoms with van der Waals surface area (Å²) in [5.41, 5.74) is 3.87. The first-order chi connectivity index (χ1) is 9.74. The van der Waals surface area contributed by atoms with Crippen LogP contribution >= 0.6 is 0 Å². The van der Waals surface area contributed by atoms with Gasteiger partial charge in [0.05, 0.1) is 23.8 Å². The highest BCUT2D eigenvalue weighted by Crippen LogP contribution is 2.29. The predicted octanol–water partition coefficient (Wildman–Crippen LogP) is 3.66. The number of aromatic amines is 1. The standard InChI is InChI=1S/C15H13FN4/c1-10-2-3-14(13(16)6-10)20-15-9-17-5-4-12(15)11-7-18-19-8-11/h2-9,20H,1H3,(H,18,19). The molecule has 0 saturated carbocycles. The molecule has 1 aromatic carbocycles. The van der Waals surface area contributed by atoms with Crippen molar-refractivity contribution in [2.75, 3.05) is 5.32 Å². The van der Waals surface area contributed by atoms with Gasteiger partial charge >= 0.3 is 0 Å². The third kappa shape index (κ3) is 2.38. The van der Waals surface area contributed by atoms with Gasteiger partial charge in [-0.15, -0.1) is 0 Å². The normalized spacial score (nSPS) is 10.5. The number of nitrogens with zero attached hydrogens (tertiary/aromatic N) is 2. The molecule has 0 atom stereocenters. The number of nitrogens with one attached hydrogen (secondary N) is 2. The molecule has 5 heteroatoms. The van der Waals surface area contributed by atoms with E-state index in [9.17, 15) is 4.39 Å². The van der Waals surface area contributed by atoms with Crippen LogP contribution in [0.3, 0.4) is 0 Å². The second-order valence-electron chi connectivity index (χ2n) is 4.52. The van der Waals surface area contributed by atoms with Gasteiger partial charge in [0.25, 0.3) is 0 Å². The van der Waals surface area contributed by atoms with Crippen LogP contribution in [0.4, 0.5) is 15.8 Å². The Hall–Kier alpha value is -2.69. The van der Waals surface area contributed by atoms with Crippen LogP contribution in [0.5, 0.6) is 0 Å². The monoisotopic (exact) mass is 268 g/mol. The minimum Gasteiger partial charge on any atom is -0.351 e. The highest BCUT2D eigenvalue weighted by molar-refractivity contribution is 5.79. The summed E-state index contributed by atoms with van der Waals surface area (Å²) in [5.74, 6) is -0.285. The minimum atomic E-state index is -0.285. The molecule has 3 aromatic rings. The van der Waals surface area contributed by atoms with Crippen molar-refractivity contribution in [2.45, 2.75) is 6.92 Å². The first kappa shape index (κ1) is 12.3. The molecule has 0 unspecified atom stereocenters. The van der Waals surface area contributed by atoms with E-state index in [1.807, 2.05) is 19.1 Å². The van der Waals surface area contributed by atoms with Crippen molar-refractivity contribution in [3.05, 3.63) is 60.4 Å². The summed E-state index contributed by atoms with van der Waals surface area (Å²) < 4.78 is 13.9. The van der Waals surface area contributed by atoms with Crippen molar-refractivity contribution < 1.29 is 4.39 Å². The zero-order chi connectivity index (χ0) is 13.9. The molecule has 2 heterocycles. The lowest BCUT2D eigenvalue weighted by Crippen LogP contribution is -1.97. The number of halogens is 1. The van der Waals surface area contributed by atoms with Gasteiger partial charge in [0.2, 0.25) is 0 Å². The number of aromatic nitrogens is 3. The van der Waals surface area contributed by atoms with Crippen molar-refractivity contribution >= 4 is 11.4 Å². The molecule has 0 bridgehead atoms. The maximum Gasteiger partial charge on any atom is 0.146 e. The van der Waals surface area contributed by atoms with Crippen LogP contribution in [-0.4, -0.2) is 15.2 Å².